The molecule has 3 heterocycles. The first-order valence-corrected chi connectivity index (χ1v) is 10.6. The van der Waals surface area contributed by atoms with Gasteiger partial charge < -0.3 is 15.5 Å². The lowest BCUT2D eigenvalue weighted by atomic mass is 10.1. The van der Waals surface area contributed by atoms with Gasteiger partial charge in [-0.25, -0.2) is 4.98 Å². The molecule has 0 amide bonds. The SMILES string of the molecule is CN=C(NCc1ccnc(N2CCCCC2)c1)NC(C)Cc1c(C)nn(C)c1C.I. The maximum absolute atomic E-state index is 4.57. The van der Waals surface area contributed by atoms with E-state index in [0.717, 1.165) is 43.5 Å². The van der Waals surface area contributed by atoms with Crippen LogP contribution in [0.4, 0.5) is 5.82 Å². The first kappa shape index (κ1) is 24.4. The third-order valence-corrected chi connectivity index (χ3v) is 5.73. The smallest absolute Gasteiger partial charge is 0.191 e. The number of piperidine rings is 1. The summed E-state index contributed by atoms with van der Waals surface area (Å²) in [6.07, 6.45) is 6.67. The minimum absolute atomic E-state index is 0. The molecule has 2 aromatic rings. The van der Waals surface area contributed by atoms with Gasteiger partial charge in [-0.05, 0) is 69.7 Å². The molecule has 166 valence electrons. The van der Waals surface area contributed by atoms with Crippen molar-refractivity contribution >= 4 is 35.8 Å². The number of aliphatic imine (C=N–C) groups is 1. The number of guanidine groups is 1. The summed E-state index contributed by atoms with van der Waals surface area (Å²) in [5.41, 5.74) is 4.85. The number of pyridine rings is 1. The maximum atomic E-state index is 4.57. The molecule has 1 fully saturated rings. The van der Waals surface area contributed by atoms with E-state index in [1.165, 1.54) is 36.1 Å². The molecule has 0 spiro atoms. The molecule has 8 heteroatoms. The predicted molar refractivity (Wildman–Crippen MR) is 135 cm³/mol. The Morgan fingerprint density at radius 2 is 1.97 bits per heavy atom. The van der Waals surface area contributed by atoms with Crippen molar-refractivity contribution in [3.05, 3.63) is 40.8 Å². The molecule has 1 unspecified atom stereocenters. The summed E-state index contributed by atoms with van der Waals surface area (Å²) in [6, 6.07) is 4.51. The second-order valence-electron chi connectivity index (χ2n) is 8.02. The molecular formula is C22H36IN7. The summed E-state index contributed by atoms with van der Waals surface area (Å²) in [4.78, 5) is 11.4. The Morgan fingerprint density at radius 3 is 2.60 bits per heavy atom. The van der Waals surface area contributed by atoms with Crippen molar-refractivity contribution in [2.45, 2.75) is 59.0 Å². The van der Waals surface area contributed by atoms with Gasteiger partial charge >= 0.3 is 0 Å². The summed E-state index contributed by atoms with van der Waals surface area (Å²) in [7, 11) is 3.81. The van der Waals surface area contributed by atoms with Crippen LogP contribution < -0.4 is 15.5 Å². The Labute approximate surface area is 197 Å². The second kappa shape index (κ2) is 11.5. The summed E-state index contributed by atoms with van der Waals surface area (Å²) in [5.74, 6) is 1.90. The fourth-order valence-electron chi connectivity index (χ4n) is 3.95. The van der Waals surface area contributed by atoms with Crippen LogP contribution in [0.5, 0.6) is 0 Å². The first-order valence-electron chi connectivity index (χ1n) is 10.6. The van der Waals surface area contributed by atoms with Crippen molar-refractivity contribution < 1.29 is 0 Å². The zero-order valence-corrected chi connectivity index (χ0v) is 21.2. The Bertz CT molecular complexity index is 840. The van der Waals surface area contributed by atoms with Crippen LogP contribution in [0.2, 0.25) is 0 Å². The molecular weight excluding hydrogens is 489 g/mol. The van der Waals surface area contributed by atoms with Crippen molar-refractivity contribution in [3.8, 4) is 0 Å². The van der Waals surface area contributed by atoms with E-state index in [-0.39, 0.29) is 30.0 Å². The van der Waals surface area contributed by atoms with Crippen molar-refractivity contribution in [1.29, 1.82) is 0 Å². The molecule has 0 radical (unpaired) electrons. The molecule has 1 atom stereocenters. The first-order chi connectivity index (χ1) is 14.0. The van der Waals surface area contributed by atoms with Gasteiger partial charge in [-0.15, -0.1) is 24.0 Å². The van der Waals surface area contributed by atoms with Gasteiger partial charge in [-0.3, -0.25) is 9.67 Å². The molecule has 0 aromatic carbocycles. The molecule has 0 bridgehead atoms. The van der Waals surface area contributed by atoms with Gasteiger partial charge in [0.15, 0.2) is 5.96 Å². The fourth-order valence-corrected chi connectivity index (χ4v) is 3.95. The van der Waals surface area contributed by atoms with Gasteiger partial charge in [0.1, 0.15) is 5.82 Å². The molecule has 1 aliphatic heterocycles. The van der Waals surface area contributed by atoms with Crippen molar-refractivity contribution in [2.75, 3.05) is 25.0 Å². The van der Waals surface area contributed by atoms with Crippen LogP contribution in [-0.4, -0.2) is 46.9 Å². The van der Waals surface area contributed by atoms with E-state index in [1.54, 1.807) is 0 Å². The van der Waals surface area contributed by atoms with Crippen molar-refractivity contribution in [3.63, 3.8) is 0 Å². The highest BCUT2D eigenvalue weighted by atomic mass is 127. The van der Waals surface area contributed by atoms with E-state index >= 15 is 0 Å². The molecule has 30 heavy (non-hydrogen) atoms. The quantitative estimate of drug-likeness (QED) is 0.344. The minimum atomic E-state index is 0. The molecule has 1 aliphatic rings. The Morgan fingerprint density at radius 1 is 1.23 bits per heavy atom. The monoisotopic (exact) mass is 525 g/mol. The maximum Gasteiger partial charge on any atom is 0.191 e. The molecule has 2 N–H and O–H groups in total. The van der Waals surface area contributed by atoms with Crippen molar-refractivity contribution in [1.82, 2.24) is 25.4 Å². The highest BCUT2D eigenvalue weighted by molar-refractivity contribution is 14.0. The van der Waals surface area contributed by atoms with E-state index in [1.807, 2.05) is 25.0 Å². The zero-order chi connectivity index (χ0) is 20.8. The van der Waals surface area contributed by atoms with Crippen molar-refractivity contribution in [2.24, 2.45) is 12.0 Å². The number of nitrogens with zero attached hydrogens (tertiary/aromatic N) is 5. The Hall–Kier alpha value is -1.84. The third kappa shape index (κ3) is 6.33. The van der Waals surface area contributed by atoms with E-state index in [4.69, 9.17) is 0 Å². The molecule has 0 saturated carbocycles. The summed E-state index contributed by atoms with van der Waals surface area (Å²) < 4.78 is 1.95. The number of aromatic nitrogens is 3. The number of halogens is 1. The number of anilines is 1. The van der Waals surface area contributed by atoms with Gasteiger partial charge in [0, 0.05) is 51.7 Å². The third-order valence-electron chi connectivity index (χ3n) is 5.73. The van der Waals surface area contributed by atoms with Gasteiger partial charge in [-0.2, -0.15) is 5.10 Å². The number of nitrogens with one attached hydrogen (secondary N) is 2. The van der Waals surface area contributed by atoms with E-state index in [2.05, 4.69) is 63.5 Å². The standard InChI is InChI=1S/C22H35N7.HI/c1-16(13-20-17(2)27-28(5)18(20)3)26-22(23-4)25-15-19-9-10-24-21(14-19)29-11-7-6-8-12-29;/h9-10,14,16H,6-8,11-13,15H2,1-5H3,(H2,23,25,26);1H. The highest BCUT2D eigenvalue weighted by Crippen LogP contribution is 2.18. The molecule has 1 saturated heterocycles. The summed E-state index contributed by atoms with van der Waals surface area (Å²) in [5, 5.41) is 11.5. The predicted octanol–water partition coefficient (Wildman–Crippen LogP) is 3.34. The lowest BCUT2D eigenvalue weighted by molar-refractivity contribution is 0.573. The molecule has 2 aromatic heterocycles. The minimum Gasteiger partial charge on any atom is -0.357 e. The van der Waals surface area contributed by atoms with E-state index < -0.39 is 0 Å². The van der Waals surface area contributed by atoms with Gasteiger partial charge in [0.05, 0.1) is 5.69 Å². The molecule has 3 rings (SSSR count). The number of rotatable bonds is 6. The topological polar surface area (TPSA) is 70.4 Å². The molecule has 0 aliphatic carbocycles. The van der Waals surface area contributed by atoms with E-state index in [9.17, 15) is 0 Å². The van der Waals surface area contributed by atoms with Crippen LogP contribution in [0, 0.1) is 13.8 Å². The summed E-state index contributed by atoms with van der Waals surface area (Å²) >= 11 is 0. The zero-order valence-electron chi connectivity index (χ0n) is 18.9. The van der Waals surface area contributed by atoms with E-state index in [0.29, 0.717) is 0 Å². The average molecular weight is 525 g/mol. The van der Waals surface area contributed by atoms with Crippen LogP contribution in [-0.2, 0) is 20.0 Å². The number of hydrogen-bond donors (Lipinski definition) is 2. The van der Waals surface area contributed by atoms with Crippen LogP contribution in [0.25, 0.3) is 0 Å². The van der Waals surface area contributed by atoms with Gasteiger partial charge in [0.25, 0.3) is 0 Å². The lowest BCUT2D eigenvalue weighted by Gasteiger charge is -2.28. The Kier molecular flexibility index (Phi) is 9.38. The van der Waals surface area contributed by atoms with Crippen LogP contribution >= 0.6 is 24.0 Å². The second-order valence-corrected chi connectivity index (χ2v) is 8.02. The fraction of sp³-hybridized carbons (Fsp3) is 0.591. The number of hydrogen-bond acceptors (Lipinski definition) is 4. The molecule has 7 nitrogen and oxygen atoms in total. The lowest BCUT2D eigenvalue weighted by Crippen LogP contribution is -2.42. The van der Waals surface area contributed by atoms with Gasteiger partial charge in [0.2, 0.25) is 0 Å². The van der Waals surface area contributed by atoms with Crippen LogP contribution in [0.15, 0.2) is 23.3 Å². The normalized spacial score (nSPS) is 15.5. The summed E-state index contributed by atoms with van der Waals surface area (Å²) in [6.45, 7) is 9.32. The van der Waals surface area contributed by atoms with Gasteiger partial charge in [-0.1, -0.05) is 0 Å². The highest BCUT2D eigenvalue weighted by Gasteiger charge is 2.15. The van der Waals surface area contributed by atoms with Crippen LogP contribution in [0.1, 0.15) is 48.7 Å². The average Bonchev–Trinajstić information content (AvgIpc) is 2.98. The van der Waals surface area contributed by atoms with Crippen LogP contribution in [0.3, 0.4) is 0 Å². The Balaban J connectivity index is 0.00000320. The number of aryl methyl sites for hydroxylation is 2. The largest absolute Gasteiger partial charge is 0.357 e.